The van der Waals surface area contributed by atoms with Crippen LogP contribution in [0.3, 0.4) is 0 Å². The third kappa shape index (κ3) is 3.22. The molecule has 1 spiro atoms. The summed E-state index contributed by atoms with van der Waals surface area (Å²) >= 11 is 0. The van der Waals surface area contributed by atoms with Gasteiger partial charge in [0.25, 0.3) is 0 Å². The zero-order valence-electron chi connectivity index (χ0n) is 16.3. The van der Waals surface area contributed by atoms with Crippen LogP contribution in [0.15, 0.2) is 0 Å². The van der Waals surface area contributed by atoms with Crippen LogP contribution >= 0.6 is 0 Å². The van der Waals surface area contributed by atoms with Gasteiger partial charge in [-0.05, 0) is 47.1 Å². The van der Waals surface area contributed by atoms with E-state index < -0.39 is 0 Å². The van der Waals surface area contributed by atoms with Crippen molar-refractivity contribution in [2.24, 2.45) is 12.5 Å². The van der Waals surface area contributed by atoms with Gasteiger partial charge in [-0.1, -0.05) is 12.8 Å². The Balaban J connectivity index is 1.62. The molecule has 3 rings (SSSR count). The van der Waals surface area contributed by atoms with Crippen molar-refractivity contribution in [3.05, 3.63) is 11.4 Å². The van der Waals surface area contributed by atoms with Gasteiger partial charge in [0.1, 0.15) is 0 Å². The number of likely N-dealkylation sites (N-methyl/N-ethyl adjacent to an activating group) is 1. The summed E-state index contributed by atoms with van der Waals surface area (Å²) in [5, 5.41) is 7.42. The van der Waals surface area contributed by atoms with Crippen LogP contribution in [0.5, 0.6) is 0 Å². The van der Waals surface area contributed by atoms with Crippen molar-refractivity contribution in [3.63, 3.8) is 0 Å². The number of aromatic nitrogens is 2. The molecule has 0 saturated heterocycles. The Morgan fingerprint density at radius 3 is 2.64 bits per heavy atom. The van der Waals surface area contributed by atoms with E-state index in [0.29, 0.717) is 18.7 Å². The fourth-order valence-electron chi connectivity index (χ4n) is 4.94. The van der Waals surface area contributed by atoms with E-state index in [1.807, 2.05) is 20.9 Å². The summed E-state index contributed by atoms with van der Waals surface area (Å²) in [4.78, 5) is 14.8. The first kappa shape index (κ1) is 18.4. The molecule has 2 atom stereocenters. The van der Waals surface area contributed by atoms with E-state index in [-0.39, 0.29) is 11.3 Å². The minimum atomic E-state index is 0.0368. The third-order valence-electron chi connectivity index (χ3n) is 6.34. The summed E-state index contributed by atoms with van der Waals surface area (Å²) in [6.45, 7) is 7.18. The molecule has 1 aromatic heterocycles. The van der Waals surface area contributed by atoms with Crippen molar-refractivity contribution < 1.29 is 9.53 Å². The van der Waals surface area contributed by atoms with E-state index in [0.717, 1.165) is 30.1 Å². The topological polar surface area (TPSA) is 59.4 Å². The number of carbonyl (C=O) groups excluding carboxylic acids is 1. The maximum absolute atomic E-state index is 12.6. The van der Waals surface area contributed by atoms with Gasteiger partial charge in [0.15, 0.2) is 0 Å². The molecular formula is C19H32N4O2. The van der Waals surface area contributed by atoms with E-state index in [1.165, 1.54) is 25.7 Å². The van der Waals surface area contributed by atoms with E-state index in [1.54, 1.807) is 4.68 Å². The summed E-state index contributed by atoms with van der Waals surface area (Å²) < 4.78 is 7.80. The summed E-state index contributed by atoms with van der Waals surface area (Å²) in [5.74, 6) is 0.0368. The van der Waals surface area contributed by atoms with E-state index in [4.69, 9.17) is 4.74 Å². The Morgan fingerprint density at radius 2 is 2.08 bits per heavy atom. The first-order chi connectivity index (χ1) is 11.9. The highest BCUT2D eigenvalue weighted by molar-refractivity contribution is 5.93. The molecule has 0 aromatic carbocycles. The van der Waals surface area contributed by atoms with Crippen LogP contribution in [0.2, 0.25) is 0 Å². The van der Waals surface area contributed by atoms with Crippen LogP contribution in [0.25, 0.3) is 0 Å². The molecular weight excluding hydrogens is 316 g/mol. The van der Waals surface area contributed by atoms with Gasteiger partial charge in [-0.15, -0.1) is 0 Å². The number of nitrogens with one attached hydrogen (secondary N) is 1. The minimum absolute atomic E-state index is 0.0368. The molecule has 0 bridgehead atoms. The molecule has 25 heavy (non-hydrogen) atoms. The van der Waals surface area contributed by atoms with Crippen LogP contribution in [-0.2, 0) is 16.6 Å². The summed E-state index contributed by atoms with van der Waals surface area (Å²) in [7, 11) is 3.98. The molecule has 140 valence electrons. The molecule has 1 amide bonds. The normalized spacial score (nSPS) is 24.7. The van der Waals surface area contributed by atoms with Gasteiger partial charge in [-0.3, -0.25) is 14.4 Å². The van der Waals surface area contributed by atoms with Crippen LogP contribution in [0.1, 0.15) is 50.4 Å². The highest BCUT2D eigenvalue weighted by Crippen LogP contribution is 2.56. The average molecular weight is 348 g/mol. The minimum Gasteiger partial charge on any atom is -0.378 e. The molecule has 2 aliphatic rings. The number of ether oxygens (including phenoxy) is 1. The van der Waals surface area contributed by atoms with Crippen LogP contribution in [0.4, 0.5) is 5.69 Å². The Labute approximate surface area is 150 Å². The fourth-order valence-corrected chi connectivity index (χ4v) is 4.94. The molecule has 0 unspecified atom stereocenters. The van der Waals surface area contributed by atoms with Crippen LogP contribution in [0, 0.1) is 19.3 Å². The fraction of sp³-hybridized carbons (Fsp3) is 0.789. The molecule has 0 radical (unpaired) electrons. The molecule has 2 fully saturated rings. The Bertz CT molecular complexity index is 634. The number of anilines is 1. The number of amides is 1. The second-order valence-electron chi connectivity index (χ2n) is 7.77. The number of carbonyl (C=O) groups is 1. The first-order valence-electron chi connectivity index (χ1n) is 9.51. The quantitative estimate of drug-likeness (QED) is 0.859. The van der Waals surface area contributed by atoms with Gasteiger partial charge in [0, 0.05) is 25.1 Å². The number of hydrogen-bond acceptors (Lipinski definition) is 4. The second kappa shape index (κ2) is 7.08. The lowest BCUT2D eigenvalue weighted by Gasteiger charge is -2.57. The second-order valence-corrected chi connectivity index (χ2v) is 7.77. The van der Waals surface area contributed by atoms with Crippen molar-refractivity contribution in [1.82, 2.24) is 14.7 Å². The van der Waals surface area contributed by atoms with E-state index in [9.17, 15) is 4.79 Å². The molecule has 0 aliphatic heterocycles. The SMILES string of the molecule is CCO[C@@H]1C[C@@H](N(C)CC(=O)Nc2c(C)nn(C)c2C)C12CCCC2. The maximum Gasteiger partial charge on any atom is 0.238 e. The highest BCUT2D eigenvalue weighted by atomic mass is 16.5. The van der Waals surface area contributed by atoms with Gasteiger partial charge in [-0.2, -0.15) is 5.10 Å². The average Bonchev–Trinajstić information content (AvgIpc) is 3.14. The number of aryl methyl sites for hydroxylation is 2. The van der Waals surface area contributed by atoms with Crippen LogP contribution < -0.4 is 5.32 Å². The summed E-state index contributed by atoms with van der Waals surface area (Å²) in [5.41, 5.74) is 2.96. The van der Waals surface area contributed by atoms with Gasteiger partial charge in [-0.25, -0.2) is 0 Å². The monoisotopic (exact) mass is 348 g/mol. The third-order valence-corrected chi connectivity index (χ3v) is 6.34. The molecule has 1 aromatic rings. The van der Waals surface area contributed by atoms with Crippen molar-refractivity contribution in [3.8, 4) is 0 Å². The number of hydrogen-bond donors (Lipinski definition) is 1. The van der Waals surface area contributed by atoms with Crippen molar-refractivity contribution in [1.29, 1.82) is 0 Å². The lowest BCUT2D eigenvalue weighted by molar-refractivity contribution is -0.162. The van der Waals surface area contributed by atoms with Crippen molar-refractivity contribution >= 4 is 11.6 Å². The molecule has 6 nitrogen and oxygen atoms in total. The Morgan fingerprint density at radius 1 is 1.40 bits per heavy atom. The van der Waals surface area contributed by atoms with Gasteiger partial charge in [0.05, 0.1) is 29.7 Å². The smallest absolute Gasteiger partial charge is 0.238 e. The number of rotatable bonds is 6. The van der Waals surface area contributed by atoms with Gasteiger partial charge < -0.3 is 10.1 Å². The summed E-state index contributed by atoms with van der Waals surface area (Å²) in [6, 6.07) is 0.452. The predicted octanol–water partition coefficient (Wildman–Crippen LogP) is 2.65. The molecule has 1 N–H and O–H groups in total. The lowest BCUT2D eigenvalue weighted by Crippen LogP contribution is -2.63. The molecule has 2 aliphatic carbocycles. The molecule has 6 heteroatoms. The zero-order valence-corrected chi connectivity index (χ0v) is 16.3. The van der Waals surface area contributed by atoms with Crippen molar-refractivity contribution in [2.45, 2.75) is 65.0 Å². The molecule has 2 saturated carbocycles. The summed E-state index contributed by atoms with van der Waals surface area (Å²) in [6.07, 6.45) is 6.45. The maximum atomic E-state index is 12.6. The zero-order chi connectivity index (χ0) is 18.2. The van der Waals surface area contributed by atoms with Gasteiger partial charge in [0.2, 0.25) is 5.91 Å². The lowest BCUT2D eigenvalue weighted by atomic mass is 9.60. The van der Waals surface area contributed by atoms with Gasteiger partial charge >= 0.3 is 0 Å². The first-order valence-corrected chi connectivity index (χ1v) is 9.51. The highest BCUT2D eigenvalue weighted by Gasteiger charge is 2.57. The number of nitrogens with zero attached hydrogens (tertiary/aromatic N) is 3. The van der Waals surface area contributed by atoms with E-state index >= 15 is 0 Å². The Hall–Kier alpha value is -1.40. The van der Waals surface area contributed by atoms with E-state index in [2.05, 4.69) is 29.3 Å². The van der Waals surface area contributed by atoms with Crippen molar-refractivity contribution in [2.75, 3.05) is 25.5 Å². The van der Waals surface area contributed by atoms with Crippen LogP contribution in [-0.4, -0.2) is 52.9 Å². The Kier molecular flexibility index (Phi) is 5.21. The standard InChI is InChI=1S/C19H32N4O2/c1-6-25-16-11-15(19(16)9-7-8-10-19)22(4)12-17(24)20-18-13(2)21-23(5)14(18)3/h15-16H,6-12H2,1-5H3,(H,20,24)/t15-,16-/m1/s1. The molecule has 1 heterocycles. The predicted molar refractivity (Wildman–Crippen MR) is 98.7 cm³/mol. The largest absolute Gasteiger partial charge is 0.378 e.